The Morgan fingerprint density at radius 3 is 2.80 bits per heavy atom. The summed E-state index contributed by atoms with van der Waals surface area (Å²) in [5.41, 5.74) is 2.93. The minimum absolute atomic E-state index is 0.102. The summed E-state index contributed by atoms with van der Waals surface area (Å²) in [7, 11) is 0. The molecule has 0 unspecified atom stereocenters. The Kier molecular flexibility index (Phi) is 3.38. The average Bonchev–Trinajstić information content (AvgIpc) is 2.92. The van der Waals surface area contributed by atoms with Crippen LogP contribution < -0.4 is 4.90 Å². The predicted octanol–water partition coefficient (Wildman–Crippen LogP) is 3.23. The normalized spacial score (nSPS) is 18.6. The van der Waals surface area contributed by atoms with E-state index in [-0.39, 0.29) is 11.7 Å². The molecule has 104 valence electrons. The largest absolute Gasteiger partial charge is 0.356 e. The van der Waals surface area contributed by atoms with Crippen molar-refractivity contribution in [2.24, 2.45) is 0 Å². The second kappa shape index (κ2) is 5.19. The molecule has 0 aliphatic carbocycles. The summed E-state index contributed by atoms with van der Waals surface area (Å²) in [6.45, 7) is 5.76. The van der Waals surface area contributed by atoms with E-state index in [0.717, 1.165) is 42.1 Å². The summed E-state index contributed by atoms with van der Waals surface area (Å²) in [6, 6.07) is 7.07. The Labute approximate surface area is 118 Å². The number of aryl methyl sites for hydroxylation is 1. The average molecular weight is 271 g/mol. The Morgan fingerprint density at radius 2 is 2.00 bits per heavy atom. The molecule has 2 aromatic rings. The molecule has 1 saturated heterocycles. The fourth-order valence-corrected chi connectivity index (χ4v) is 2.86. The lowest BCUT2D eigenvalue weighted by Crippen LogP contribution is -2.22. The van der Waals surface area contributed by atoms with Gasteiger partial charge in [-0.2, -0.15) is 0 Å². The van der Waals surface area contributed by atoms with Crippen molar-refractivity contribution in [3.05, 3.63) is 53.2 Å². The number of aromatic nitrogens is 2. The topological polar surface area (TPSA) is 29.0 Å². The van der Waals surface area contributed by atoms with E-state index in [0.29, 0.717) is 0 Å². The Balaban J connectivity index is 1.84. The number of benzene rings is 1. The molecule has 20 heavy (non-hydrogen) atoms. The monoisotopic (exact) mass is 271 g/mol. The third-order valence-corrected chi connectivity index (χ3v) is 4.14. The zero-order valence-electron chi connectivity index (χ0n) is 11.8. The molecule has 0 bridgehead atoms. The van der Waals surface area contributed by atoms with Gasteiger partial charge in [0.25, 0.3) is 0 Å². The zero-order chi connectivity index (χ0) is 14.1. The van der Waals surface area contributed by atoms with E-state index in [1.807, 2.05) is 26.0 Å². The molecule has 3 rings (SSSR count). The van der Waals surface area contributed by atoms with Crippen LogP contribution in [-0.4, -0.2) is 23.1 Å². The molecule has 0 radical (unpaired) electrons. The van der Waals surface area contributed by atoms with Crippen LogP contribution in [0.4, 0.5) is 10.2 Å². The number of hydrogen-bond donors (Lipinski definition) is 0. The van der Waals surface area contributed by atoms with Crippen molar-refractivity contribution in [1.29, 1.82) is 0 Å². The molecule has 1 aliphatic heterocycles. The van der Waals surface area contributed by atoms with Crippen molar-refractivity contribution in [3.63, 3.8) is 0 Å². The van der Waals surface area contributed by atoms with Crippen molar-refractivity contribution in [1.82, 2.24) is 9.97 Å². The van der Waals surface area contributed by atoms with Gasteiger partial charge in [-0.05, 0) is 31.9 Å². The maximum Gasteiger partial charge on any atom is 0.135 e. The molecule has 1 fully saturated rings. The van der Waals surface area contributed by atoms with Gasteiger partial charge in [-0.3, -0.25) is 0 Å². The molecular weight excluding hydrogens is 253 g/mol. The molecule has 0 saturated carbocycles. The summed E-state index contributed by atoms with van der Waals surface area (Å²) in [5.74, 6) is 1.12. The molecule has 0 spiro atoms. The number of nitrogens with zero attached hydrogens (tertiary/aromatic N) is 3. The number of halogens is 1. The molecule has 2 heterocycles. The molecule has 3 nitrogen and oxygen atoms in total. The van der Waals surface area contributed by atoms with Crippen molar-refractivity contribution in [3.8, 4) is 0 Å². The van der Waals surface area contributed by atoms with Gasteiger partial charge in [0.2, 0.25) is 0 Å². The highest BCUT2D eigenvalue weighted by atomic mass is 19.1. The van der Waals surface area contributed by atoms with Crippen molar-refractivity contribution in [2.45, 2.75) is 26.2 Å². The number of rotatable bonds is 2. The summed E-state index contributed by atoms with van der Waals surface area (Å²) < 4.78 is 13.9. The molecule has 4 heteroatoms. The molecule has 1 aromatic heterocycles. The first kappa shape index (κ1) is 13.0. The first-order valence-electron chi connectivity index (χ1n) is 6.94. The van der Waals surface area contributed by atoms with E-state index < -0.39 is 0 Å². The van der Waals surface area contributed by atoms with Gasteiger partial charge < -0.3 is 4.90 Å². The fraction of sp³-hybridized carbons (Fsp3) is 0.375. The standard InChI is InChI=1S/C16H18FN3/c1-11-12(2)18-10-19-16(11)20-8-7-13(9-20)14-5-3-4-6-15(14)17/h3-6,10,13H,7-9H2,1-2H3/t13-/m0/s1. The van der Waals surface area contributed by atoms with Crippen LogP contribution in [0.25, 0.3) is 0 Å². The van der Waals surface area contributed by atoms with Crippen LogP contribution in [-0.2, 0) is 0 Å². The van der Waals surface area contributed by atoms with Gasteiger partial charge in [-0.1, -0.05) is 18.2 Å². The highest BCUT2D eigenvalue weighted by Gasteiger charge is 2.27. The van der Waals surface area contributed by atoms with Gasteiger partial charge in [0.05, 0.1) is 0 Å². The van der Waals surface area contributed by atoms with Crippen molar-refractivity contribution >= 4 is 5.82 Å². The molecule has 0 N–H and O–H groups in total. The van der Waals surface area contributed by atoms with Gasteiger partial charge in [0.1, 0.15) is 18.0 Å². The molecule has 1 atom stereocenters. The van der Waals surface area contributed by atoms with Gasteiger partial charge in [-0.15, -0.1) is 0 Å². The quantitative estimate of drug-likeness (QED) is 0.839. The van der Waals surface area contributed by atoms with Crippen molar-refractivity contribution in [2.75, 3.05) is 18.0 Å². The molecule has 1 aliphatic rings. The lowest BCUT2D eigenvalue weighted by Gasteiger charge is -2.20. The summed E-state index contributed by atoms with van der Waals surface area (Å²) in [5, 5.41) is 0. The smallest absolute Gasteiger partial charge is 0.135 e. The van der Waals surface area contributed by atoms with Crippen LogP contribution in [0.5, 0.6) is 0 Å². The second-order valence-electron chi connectivity index (χ2n) is 5.36. The summed E-state index contributed by atoms with van der Waals surface area (Å²) in [6.07, 6.45) is 2.57. The van der Waals surface area contributed by atoms with Gasteiger partial charge in [0.15, 0.2) is 0 Å². The number of hydrogen-bond acceptors (Lipinski definition) is 3. The van der Waals surface area contributed by atoms with Crippen LogP contribution in [0.2, 0.25) is 0 Å². The number of anilines is 1. The zero-order valence-corrected chi connectivity index (χ0v) is 11.8. The third-order valence-electron chi connectivity index (χ3n) is 4.14. The van der Waals surface area contributed by atoms with Gasteiger partial charge in [0, 0.05) is 30.3 Å². The van der Waals surface area contributed by atoms with Crippen molar-refractivity contribution < 1.29 is 4.39 Å². The first-order valence-corrected chi connectivity index (χ1v) is 6.94. The highest BCUT2D eigenvalue weighted by molar-refractivity contribution is 5.49. The van der Waals surface area contributed by atoms with E-state index in [1.165, 1.54) is 6.07 Å². The predicted molar refractivity (Wildman–Crippen MR) is 77.5 cm³/mol. The lowest BCUT2D eigenvalue weighted by atomic mass is 9.98. The van der Waals surface area contributed by atoms with Crippen LogP contribution in [0.15, 0.2) is 30.6 Å². The summed E-state index contributed by atoms with van der Waals surface area (Å²) in [4.78, 5) is 10.8. The maximum atomic E-state index is 13.9. The second-order valence-corrected chi connectivity index (χ2v) is 5.36. The van der Waals surface area contributed by atoms with Crippen LogP contribution >= 0.6 is 0 Å². The maximum absolute atomic E-state index is 13.9. The Bertz CT molecular complexity index is 627. The highest BCUT2D eigenvalue weighted by Crippen LogP contribution is 2.32. The third kappa shape index (κ3) is 2.26. The van der Waals surface area contributed by atoms with Gasteiger partial charge in [-0.25, -0.2) is 14.4 Å². The van der Waals surface area contributed by atoms with E-state index >= 15 is 0 Å². The van der Waals surface area contributed by atoms with Gasteiger partial charge >= 0.3 is 0 Å². The fourth-order valence-electron chi connectivity index (χ4n) is 2.86. The van der Waals surface area contributed by atoms with E-state index in [1.54, 1.807) is 12.4 Å². The van der Waals surface area contributed by atoms with Crippen LogP contribution in [0.3, 0.4) is 0 Å². The molecule has 1 aromatic carbocycles. The molecule has 0 amide bonds. The lowest BCUT2D eigenvalue weighted by molar-refractivity contribution is 0.589. The van der Waals surface area contributed by atoms with E-state index in [9.17, 15) is 4.39 Å². The SMILES string of the molecule is Cc1ncnc(N2CC[C@H](c3ccccc3F)C2)c1C. The summed E-state index contributed by atoms with van der Waals surface area (Å²) >= 11 is 0. The minimum Gasteiger partial charge on any atom is -0.356 e. The Morgan fingerprint density at radius 1 is 1.20 bits per heavy atom. The minimum atomic E-state index is -0.102. The van der Waals surface area contributed by atoms with Crippen LogP contribution in [0, 0.1) is 19.7 Å². The Hall–Kier alpha value is -1.97. The van der Waals surface area contributed by atoms with E-state index in [2.05, 4.69) is 14.9 Å². The first-order chi connectivity index (χ1) is 9.66. The van der Waals surface area contributed by atoms with E-state index in [4.69, 9.17) is 0 Å². The molecular formula is C16H18FN3. The van der Waals surface area contributed by atoms with Crippen LogP contribution in [0.1, 0.15) is 29.2 Å².